The SMILES string of the molecule is CC(C)=CCC(O)C(C)CCC[C@]1(C)OCC(=CCO[Si](C)(C)C(C)(C)C)CCC1=O. The van der Waals surface area contributed by atoms with E-state index in [1.165, 1.54) is 11.1 Å². The second-order valence-electron chi connectivity index (χ2n) is 11.3. The van der Waals surface area contributed by atoms with Crippen molar-refractivity contribution < 1.29 is 19.1 Å². The number of ketones is 1. The molecule has 1 fully saturated rings. The zero-order valence-electron chi connectivity index (χ0n) is 21.6. The van der Waals surface area contributed by atoms with E-state index in [-0.39, 0.29) is 22.8 Å². The van der Waals surface area contributed by atoms with E-state index in [2.05, 4.69) is 66.8 Å². The van der Waals surface area contributed by atoms with Gasteiger partial charge in [-0.25, -0.2) is 0 Å². The Kier molecular flexibility index (Phi) is 10.9. The van der Waals surface area contributed by atoms with Crippen molar-refractivity contribution in [2.75, 3.05) is 13.2 Å². The number of hydrogen-bond acceptors (Lipinski definition) is 4. The maximum Gasteiger partial charge on any atom is 0.192 e. The molecule has 0 aliphatic carbocycles. The van der Waals surface area contributed by atoms with Crippen LogP contribution >= 0.6 is 0 Å². The van der Waals surface area contributed by atoms with Gasteiger partial charge in [-0.3, -0.25) is 4.79 Å². The molecule has 1 aliphatic heterocycles. The summed E-state index contributed by atoms with van der Waals surface area (Å²) in [7, 11) is -1.77. The average molecular weight is 453 g/mol. The van der Waals surface area contributed by atoms with E-state index in [9.17, 15) is 9.90 Å². The largest absolute Gasteiger partial charge is 0.413 e. The predicted octanol–water partition coefficient (Wildman–Crippen LogP) is 6.60. The second-order valence-corrected chi connectivity index (χ2v) is 16.1. The fourth-order valence-corrected chi connectivity index (χ4v) is 4.38. The molecule has 0 amide bonds. The molecule has 0 aromatic heterocycles. The van der Waals surface area contributed by atoms with Crippen LogP contribution in [0.15, 0.2) is 23.3 Å². The fourth-order valence-electron chi connectivity index (χ4n) is 3.44. The summed E-state index contributed by atoms with van der Waals surface area (Å²) in [6.07, 6.45) is 8.35. The minimum absolute atomic E-state index is 0.191. The number of aliphatic hydroxyl groups excluding tert-OH is 1. The summed E-state index contributed by atoms with van der Waals surface area (Å²) in [4.78, 5) is 12.8. The van der Waals surface area contributed by atoms with Gasteiger partial charge in [0.1, 0.15) is 5.60 Å². The molecule has 5 heteroatoms. The maximum absolute atomic E-state index is 12.8. The fraction of sp³-hybridized carbons (Fsp3) is 0.808. The first-order valence-corrected chi connectivity index (χ1v) is 14.9. The summed E-state index contributed by atoms with van der Waals surface area (Å²) in [5.74, 6) is 0.405. The normalized spacial score (nSPS) is 24.1. The first-order chi connectivity index (χ1) is 14.2. The molecule has 1 rings (SSSR count). The minimum Gasteiger partial charge on any atom is -0.413 e. The van der Waals surface area contributed by atoms with Crippen LogP contribution in [-0.2, 0) is 14.0 Å². The Morgan fingerprint density at radius 2 is 1.94 bits per heavy atom. The van der Waals surface area contributed by atoms with E-state index in [1.54, 1.807) is 0 Å². The van der Waals surface area contributed by atoms with Gasteiger partial charge in [-0.05, 0) is 82.5 Å². The van der Waals surface area contributed by atoms with Gasteiger partial charge in [0.15, 0.2) is 14.1 Å². The molecule has 1 aliphatic rings. The van der Waals surface area contributed by atoms with Gasteiger partial charge in [0.2, 0.25) is 0 Å². The molecule has 0 spiro atoms. The van der Waals surface area contributed by atoms with Crippen LogP contribution in [0.5, 0.6) is 0 Å². The molecule has 1 saturated heterocycles. The Hall–Kier alpha value is -0.753. The molecule has 4 nitrogen and oxygen atoms in total. The summed E-state index contributed by atoms with van der Waals surface area (Å²) in [5.41, 5.74) is 1.68. The lowest BCUT2D eigenvalue weighted by atomic mass is 9.88. The van der Waals surface area contributed by atoms with Gasteiger partial charge in [-0.15, -0.1) is 0 Å². The highest BCUT2D eigenvalue weighted by atomic mass is 28.4. The van der Waals surface area contributed by atoms with Crippen LogP contribution in [0, 0.1) is 5.92 Å². The van der Waals surface area contributed by atoms with Crippen molar-refractivity contribution in [3.8, 4) is 0 Å². The smallest absolute Gasteiger partial charge is 0.192 e. The van der Waals surface area contributed by atoms with E-state index in [1.807, 2.05) is 6.92 Å². The standard InChI is InChI=1S/C26H48O4Si/c1-20(2)12-14-23(27)21(3)11-10-17-26(7)24(28)15-13-22(19-29-26)16-18-30-31(8,9)25(4,5)6/h12,16,21,23,27H,10-11,13-15,17-19H2,1-9H3/t21?,23?,26-/m0/s1. The van der Waals surface area contributed by atoms with Crippen molar-refractivity contribution in [1.82, 2.24) is 0 Å². The maximum atomic E-state index is 12.8. The van der Waals surface area contributed by atoms with E-state index in [0.29, 0.717) is 32.5 Å². The zero-order chi connectivity index (χ0) is 23.9. The number of carbonyl (C=O) groups is 1. The van der Waals surface area contributed by atoms with E-state index in [0.717, 1.165) is 19.3 Å². The first kappa shape index (κ1) is 28.3. The Balaban J connectivity index is 2.56. The molecule has 0 aromatic rings. The molecule has 3 atom stereocenters. The number of hydrogen-bond donors (Lipinski definition) is 1. The second kappa shape index (κ2) is 11.9. The molecule has 0 saturated carbocycles. The Morgan fingerprint density at radius 1 is 1.29 bits per heavy atom. The molecule has 0 radical (unpaired) electrons. The summed E-state index contributed by atoms with van der Waals surface area (Å²) >= 11 is 0. The van der Waals surface area contributed by atoms with Crippen molar-refractivity contribution in [3.05, 3.63) is 23.3 Å². The molecular formula is C26H48O4Si. The van der Waals surface area contributed by atoms with Gasteiger partial charge in [0, 0.05) is 6.42 Å². The first-order valence-electron chi connectivity index (χ1n) is 12.0. The number of rotatable bonds is 10. The van der Waals surface area contributed by atoms with Gasteiger partial charge in [0.05, 0.1) is 19.3 Å². The number of Topliss-reactive ketones (excluding diaryl/α,β-unsaturated/α-hetero) is 1. The van der Waals surface area contributed by atoms with Crippen LogP contribution in [0.4, 0.5) is 0 Å². The van der Waals surface area contributed by atoms with E-state index < -0.39 is 13.9 Å². The van der Waals surface area contributed by atoms with Crippen molar-refractivity contribution in [3.63, 3.8) is 0 Å². The monoisotopic (exact) mass is 452 g/mol. The Bertz CT molecular complexity index is 640. The van der Waals surface area contributed by atoms with Gasteiger partial charge >= 0.3 is 0 Å². The summed E-state index contributed by atoms with van der Waals surface area (Å²) in [6.45, 7) is 20.5. The highest BCUT2D eigenvalue weighted by Crippen LogP contribution is 2.36. The van der Waals surface area contributed by atoms with Crippen LogP contribution in [0.3, 0.4) is 0 Å². The number of carbonyl (C=O) groups excluding carboxylic acids is 1. The van der Waals surface area contributed by atoms with E-state index in [4.69, 9.17) is 9.16 Å². The molecule has 180 valence electrons. The minimum atomic E-state index is -1.77. The van der Waals surface area contributed by atoms with Crippen molar-refractivity contribution in [1.29, 1.82) is 0 Å². The van der Waals surface area contributed by atoms with E-state index >= 15 is 0 Å². The van der Waals surface area contributed by atoms with Crippen molar-refractivity contribution >= 4 is 14.1 Å². The molecule has 1 N–H and O–H groups in total. The van der Waals surface area contributed by atoms with Crippen molar-refractivity contribution in [2.45, 2.75) is 117 Å². The lowest BCUT2D eigenvalue weighted by Gasteiger charge is -2.35. The third-order valence-electron chi connectivity index (χ3n) is 7.20. The van der Waals surface area contributed by atoms with Gasteiger partial charge in [-0.1, -0.05) is 45.4 Å². The zero-order valence-corrected chi connectivity index (χ0v) is 22.6. The quantitative estimate of drug-likeness (QED) is 0.300. The third kappa shape index (κ3) is 9.33. The van der Waals surface area contributed by atoms with Crippen LogP contribution < -0.4 is 0 Å². The average Bonchev–Trinajstić information content (AvgIpc) is 2.78. The number of allylic oxidation sites excluding steroid dienone is 1. The third-order valence-corrected chi connectivity index (χ3v) is 11.7. The Morgan fingerprint density at radius 3 is 2.52 bits per heavy atom. The summed E-state index contributed by atoms with van der Waals surface area (Å²) < 4.78 is 12.4. The lowest BCUT2D eigenvalue weighted by molar-refractivity contribution is -0.140. The van der Waals surface area contributed by atoms with Gasteiger partial charge < -0.3 is 14.3 Å². The Labute approximate surface area is 192 Å². The predicted molar refractivity (Wildman–Crippen MR) is 133 cm³/mol. The summed E-state index contributed by atoms with van der Waals surface area (Å²) in [5, 5.41) is 10.5. The van der Waals surface area contributed by atoms with Gasteiger partial charge in [-0.2, -0.15) is 0 Å². The molecule has 0 bridgehead atoms. The van der Waals surface area contributed by atoms with Crippen LogP contribution in [0.25, 0.3) is 0 Å². The van der Waals surface area contributed by atoms with Crippen LogP contribution in [-0.4, -0.2) is 44.1 Å². The highest BCUT2D eigenvalue weighted by molar-refractivity contribution is 6.74. The molecule has 1 heterocycles. The number of ether oxygens (including phenoxy) is 1. The van der Waals surface area contributed by atoms with Crippen molar-refractivity contribution in [2.24, 2.45) is 5.92 Å². The van der Waals surface area contributed by atoms with Gasteiger partial charge in [0.25, 0.3) is 0 Å². The molecular weight excluding hydrogens is 404 g/mol. The molecule has 0 aromatic carbocycles. The molecule has 2 unspecified atom stereocenters. The molecule has 31 heavy (non-hydrogen) atoms. The van der Waals surface area contributed by atoms with Crippen LogP contribution in [0.1, 0.15) is 87.0 Å². The van der Waals surface area contributed by atoms with Crippen LogP contribution in [0.2, 0.25) is 18.1 Å². The lowest BCUT2D eigenvalue weighted by Crippen LogP contribution is -2.40. The summed E-state index contributed by atoms with van der Waals surface area (Å²) in [6, 6.07) is 0. The topological polar surface area (TPSA) is 55.8 Å². The number of aliphatic hydroxyl groups is 1. The highest BCUT2D eigenvalue weighted by Gasteiger charge is 2.37.